The first-order chi connectivity index (χ1) is 14.5. The molecule has 1 aliphatic heterocycles. The fourth-order valence-electron chi connectivity index (χ4n) is 3.89. The monoisotopic (exact) mass is 415 g/mol. The largest absolute Gasteiger partial charge is 0.496 e. The van der Waals surface area contributed by atoms with Gasteiger partial charge in [0.05, 0.1) is 25.8 Å². The standard InChI is InChI=1S/C22H33N5O3/c1-6-20(28)23-21(15(2)3)22-25-24-19-10-11-26(12-13-27(19)22)14-16-17(29-4)8-7-9-18(16)30-5/h7-9,15,21H,6,10-14H2,1-5H3,(H,23,28). The van der Waals surface area contributed by atoms with Crippen LogP contribution < -0.4 is 14.8 Å². The number of carbonyl (C=O) groups excluding carboxylic acids is 1. The Morgan fingerprint density at radius 3 is 2.43 bits per heavy atom. The van der Waals surface area contributed by atoms with E-state index in [9.17, 15) is 4.79 Å². The maximum Gasteiger partial charge on any atom is 0.220 e. The molecule has 1 amide bonds. The SMILES string of the molecule is CCC(=O)NC(c1nnc2n1CCN(Cc1c(OC)cccc1OC)CC2)C(C)C. The molecule has 2 heterocycles. The third-order valence-electron chi connectivity index (χ3n) is 5.64. The summed E-state index contributed by atoms with van der Waals surface area (Å²) in [5.41, 5.74) is 1.05. The Balaban J connectivity index is 1.78. The minimum atomic E-state index is -0.139. The van der Waals surface area contributed by atoms with Crippen molar-refractivity contribution in [1.82, 2.24) is 25.0 Å². The van der Waals surface area contributed by atoms with Gasteiger partial charge in [0.2, 0.25) is 5.91 Å². The Labute approximate surface area is 178 Å². The summed E-state index contributed by atoms with van der Waals surface area (Å²) in [6.07, 6.45) is 1.26. The van der Waals surface area contributed by atoms with Gasteiger partial charge in [-0.1, -0.05) is 26.8 Å². The Hall–Kier alpha value is -2.61. The van der Waals surface area contributed by atoms with Gasteiger partial charge in [-0.2, -0.15) is 0 Å². The van der Waals surface area contributed by atoms with Gasteiger partial charge in [0, 0.05) is 39.0 Å². The predicted octanol–water partition coefficient (Wildman–Crippen LogP) is 2.58. The highest BCUT2D eigenvalue weighted by Crippen LogP contribution is 2.30. The number of rotatable bonds is 8. The Bertz CT molecular complexity index is 842. The van der Waals surface area contributed by atoms with Crippen LogP contribution in [0.5, 0.6) is 11.5 Å². The van der Waals surface area contributed by atoms with Gasteiger partial charge in [-0.15, -0.1) is 10.2 Å². The van der Waals surface area contributed by atoms with Crippen molar-refractivity contribution in [1.29, 1.82) is 0 Å². The van der Waals surface area contributed by atoms with E-state index in [1.54, 1.807) is 14.2 Å². The highest BCUT2D eigenvalue weighted by Gasteiger charge is 2.27. The molecule has 1 N–H and O–H groups in total. The maximum atomic E-state index is 12.0. The van der Waals surface area contributed by atoms with Gasteiger partial charge in [-0.3, -0.25) is 9.69 Å². The van der Waals surface area contributed by atoms with Crippen LogP contribution in [0, 0.1) is 5.92 Å². The van der Waals surface area contributed by atoms with Crippen LogP contribution in [0.1, 0.15) is 50.4 Å². The van der Waals surface area contributed by atoms with Crippen molar-refractivity contribution >= 4 is 5.91 Å². The molecule has 0 radical (unpaired) electrons. The number of fused-ring (bicyclic) bond motifs is 1. The lowest BCUT2D eigenvalue weighted by Gasteiger charge is -2.24. The summed E-state index contributed by atoms with van der Waals surface area (Å²) >= 11 is 0. The van der Waals surface area contributed by atoms with Crippen molar-refractivity contribution in [3.63, 3.8) is 0 Å². The van der Waals surface area contributed by atoms with Crippen LogP contribution >= 0.6 is 0 Å². The number of hydrogen-bond acceptors (Lipinski definition) is 6. The zero-order valence-electron chi connectivity index (χ0n) is 18.6. The predicted molar refractivity (Wildman–Crippen MR) is 115 cm³/mol. The van der Waals surface area contributed by atoms with E-state index in [0.29, 0.717) is 6.42 Å². The topological polar surface area (TPSA) is 81.5 Å². The van der Waals surface area contributed by atoms with Gasteiger partial charge < -0.3 is 19.4 Å². The number of hydrogen-bond donors (Lipinski definition) is 1. The number of benzene rings is 1. The Morgan fingerprint density at radius 2 is 1.83 bits per heavy atom. The molecule has 30 heavy (non-hydrogen) atoms. The van der Waals surface area contributed by atoms with Crippen LogP contribution in [0.3, 0.4) is 0 Å². The number of nitrogens with one attached hydrogen (secondary N) is 1. The number of nitrogens with zero attached hydrogens (tertiary/aromatic N) is 4. The number of methoxy groups -OCH3 is 2. The summed E-state index contributed by atoms with van der Waals surface area (Å²) in [5, 5.41) is 12.0. The first-order valence-electron chi connectivity index (χ1n) is 10.6. The minimum Gasteiger partial charge on any atom is -0.496 e. The van der Waals surface area contributed by atoms with Crippen molar-refractivity contribution in [2.24, 2.45) is 5.92 Å². The molecule has 0 spiro atoms. The van der Waals surface area contributed by atoms with E-state index in [2.05, 4.69) is 38.8 Å². The first kappa shape index (κ1) is 22.1. The van der Waals surface area contributed by atoms with Gasteiger partial charge in [0.1, 0.15) is 17.3 Å². The van der Waals surface area contributed by atoms with E-state index in [0.717, 1.165) is 61.3 Å². The van der Waals surface area contributed by atoms with Crippen LogP contribution in [-0.4, -0.2) is 52.9 Å². The molecule has 3 rings (SSSR count). The Kier molecular flexibility index (Phi) is 7.31. The zero-order valence-corrected chi connectivity index (χ0v) is 18.6. The Morgan fingerprint density at radius 1 is 1.13 bits per heavy atom. The first-order valence-corrected chi connectivity index (χ1v) is 10.6. The molecular weight excluding hydrogens is 382 g/mol. The molecule has 0 aliphatic carbocycles. The summed E-state index contributed by atoms with van der Waals surface area (Å²) < 4.78 is 13.3. The molecule has 1 unspecified atom stereocenters. The molecule has 0 saturated heterocycles. The van der Waals surface area contributed by atoms with Crippen molar-refractivity contribution in [3.8, 4) is 11.5 Å². The summed E-state index contributed by atoms with van der Waals surface area (Å²) in [5.74, 6) is 3.74. The average molecular weight is 416 g/mol. The van der Waals surface area contributed by atoms with E-state index >= 15 is 0 Å². The lowest BCUT2D eigenvalue weighted by molar-refractivity contribution is -0.121. The van der Waals surface area contributed by atoms with Crippen molar-refractivity contribution in [3.05, 3.63) is 35.4 Å². The van der Waals surface area contributed by atoms with Gasteiger partial charge in [-0.05, 0) is 18.1 Å². The fourth-order valence-corrected chi connectivity index (χ4v) is 3.89. The average Bonchev–Trinajstić information content (AvgIpc) is 3.04. The van der Waals surface area contributed by atoms with Crippen LogP contribution in [0.2, 0.25) is 0 Å². The van der Waals surface area contributed by atoms with Crippen molar-refractivity contribution in [2.45, 2.75) is 52.7 Å². The van der Waals surface area contributed by atoms with Gasteiger partial charge in [-0.25, -0.2) is 0 Å². The summed E-state index contributed by atoms with van der Waals surface area (Å²) in [6, 6.07) is 5.73. The number of ether oxygens (including phenoxy) is 2. The minimum absolute atomic E-state index is 0.0320. The maximum absolute atomic E-state index is 12.0. The second kappa shape index (κ2) is 9.93. The molecule has 2 aromatic rings. The van der Waals surface area contributed by atoms with Crippen LogP contribution in [0.15, 0.2) is 18.2 Å². The molecule has 1 aromatic carbocycles. The van der Waals surface area contributed by atoms with Gasteiger partial charge in [0.15, 0.2) is 5.82 Å². The van der Waals surface area contributed by atoms with E-state index in [1.165, 1.54) is 0 Å². The highest BCUT2D eigenvalue weighted by molar-refractivity contribution is 5.75. The van der Waals surface area contributed by atoms with E-state index in [1.807, 2.05) is 25.1 Å². The van der Waals surface area contributed by atoms with Crippen molar-refractivity contribution in [2.75, 3.05) is 27.3 Å². The smallest absolute Gasteiger partial charge is 0.220 e. The zero-order chi connectivity index (χ0) is 21.7. The van der Waals surface area contributed by atoms with Crippen LogP contribution in [0.4, 0.5) is 0 Å². The third kappa shape index (κ3) is 4.75. The molecule has 1 aromatic heterocycles. The lowest BCUT2D eigenvalue weighted by Crippen LogP contribution is -2.34. The molecular formula is C22H33N5O3. The molecule has 1 aliphatic rings. The number of aromatic nitrogens is 3. The third-order valence-corrected chi connectivity index (χ3v) is 5.64. The van der Waals surface area contributed by atoms with Crippen LogP contribution in [0.25, 0.3) is 0 Å². The van der Waals surface area contributed by atoms with Crippen molar-refractivity contribution < 1.29 is 14.3 Å². The molecule has 8 heteroatoms. The van der Waals surface area contributed by atoms with Gasteiger partial charge in [0.25, 0.3) is 0 Å². The quantitative estimate of drug-likeness (QED) is 0.714. The van der Waals surface area contributed by atoms with Gasteiger partial charge >= 0.3 is 0 Å². The summed E-state index contributed by atoms with van der Waals surface area (Å²) in [4.78, 5) is 14.4. The molecule has 8 nitrogen and oxygen atoms in total. The normalized spacial score (nSPS) is 15.4. The second-order valence-corrected chi connectivity index (χ2v) is 7.94. The molecule has 164 valence electrons. The highest BCUT2D eigenvalue weighted by atomic mass is 16.5. The number of carbonyl (C=O) groups is 1. The van der Waals surface area contributed by atoms with E-state index < -0.39 is 0 Å². The van der Waals surface area contributed by atoms with E-state index in [4.69, 9.17) is 9.47 Å². The lowest BCUT2D eigenvalue weighted by atomic mass is 10.0. The summed E-state index contributed by atoms with van der Waals surface area (Å²) in [7, 11) is 3.37. The molecule has 0 fully saturated rings. The summed E-state index contributed by atoms with van der Waals surface area (Å²) in [6.45, 7) is 9.29. The molecule has 0 saturated carbocycles. The van der Waals surface area contributed by atoms with Crippen LogP contribution in [-0.2, 0) is 24.3 Å². The number of amides is 1. The molecule has 0 bridgehead atoms. The molecule has 1 atom stereocenters. The van der Waals surface area contributed by atoms with E-state index in [-0.39, 0.29) is 17.9 Å². The second-order valence-electron chi connectivity index (χ2n) is 7.94. The fraction of sp³-hybridized carbons (Fsp3) is 0.591.